The lowest BCUT2D eigenvalue weighted by atomic mass is 9.99. The maximum Gasteiger partial charge on any atom is 0.410 e. The lowest BCUT2D eigenvalue weighted by molar-refractivity contribution is 0.0112. The van der Waals surface area contributed by atoms with E-state index in [4.69, 9.17) is 9.47 Å². The summed E-state index contributed by atoms with van der Waals surface area (Å²) in [6, 6.07) is -0.646. The Kier molecular flexibility index (Phi) is 7.38. The molecule has 1 amide bonds. The summed E-state index contributed by atoms with van der Waals surface area (Å²) in [6.07, 6.45) is 8.65. The van der Waals surface area contributed by atoms with Crippen LogP contribution in [0.2, 0.25) is 0 Å². The van der Waals surface area contributed by atoms with Gasteiger partial charge in [0.25, 0.3) is 0 Å². The van der Waals surface area contributed by atoms with Gasteiger partial charge >= 0.3 is 6.09 Å². The minimum atomic E-state index is -3.25. The first-order valence-corrected chi connectivity index (χ1v) is 13.9. The zero-order chi connectivity index (χ0) is 24.5. The fraction of sp³-hybridized carbons (Fsp3) is 0.750. The van der Waals surface area contributed by atoms with Gasteiger partial charge in [-0.1, -0.05) is 0 Å². The highest BCUT2D eigenvalue weighted by atomic mass is 32.2. The topological polar surface area (TPSA) is 97.3 Å². The smallest absolute Gasteiger partial charge is 0.410 e. The predicted molar refractivity (Wildman–Crippen MR) is 128 cm³/mol. The summed E-state index contributed by atoms with van der Waals surface area (Å²) in [5, 5.41) is 2.30. The van der Waals surface area contributed by atoms with Gasteiger partial charge in [0.2, 0.25) is 0 Å². The second-order valence-electron chi connectivity index (χ2n) is 10.6. The Morgan fingerprint density at radius 2 is 1.85 bits per heavy atom. The first kappa shape index (κ1) is 25.2. The fourth-order valence-electron chi connectivity index (χ4n) is 4.58. The van der Waals surface area contributed by atoms with Crippen LogP contribution >= 0.6 is 0 Å². The van der Waals surface area contributed by atoms with Gasteiger partial charge in [-0.05, 0) is 58.6 Å². The van der Waals surface area contributed by atoms with Gasteiger partial charge in [0.15, 0.2) is 15.7 Å². The number of hydrogen-bond acceptors (Lipinski definition) is 7. The van der Waals surface area contributed by atoms with Gasteiger partial charge < -0.3 is 19.7 Å². The number of halogens is 1. The van der Waals surface area contributed by atoms with Gasteiger partial charge in [-0.2, -0.15) is 0 Å². The molecule has 3 unspecified atom stereocenters. The van der Waals surface area contributed by atoms with E-state index in [0.29, 0.717) is 63.9 Å². The summed E-state index contributed by atoms with van der Waals surface area (Å²) in [6.45, 7) is 6.68. The van der Waals surface area contributed by atoms with Gasteiger partial charge in [0.1, 0.15) is 17.5 Å². The Bertz CT molecular complexity index is 960. The van der Waals surface area contributed by atoms with Crippen LogP contribution in [-0.4, -0.2) is 72.7 Å². The third-order valence-electron chi connectivity index (χ3n) is 6.57. The zero-order valence-corrected chi connectivity index (χ0v) is 21.0. The van der Waals surface area contributed by atoms with E-state index >= 15 is 0 Å². The van der Waals surface area contributed by atoms with Crippen molar-refractivity contribution >= 4 is 21.8 Å². The number of aliphatic imine (C=N–C) groups is 1. The van der Waals surface area contributed by atoms with Crippen LogP contribution in [0.4, 0.5) is 9.18 Å². The van der Waals surface area contributed by atoms with Gasteiger partial charge in [0.05, 0.1) is 16.5 Å². The minimum Gasteiger partial charge on any atom is -0.477 e. The number of carbonyl (C=O) groups is 1. The molecule has 10 heteroatoms. The number of amides is 1. The number of piperidine rings is 1. The third kappa shape index (κ3) is 6.38. The van der Waals surface area contributed by atoms with Crippen LogP contribution in [0.5, 0.6) is 0 Å². The number of ether oxygens (including phenoxy) is 2. The van der Waals surface area contributed by atoms with E-state index in [1.165, 1.54) is 6.08 Å². The molecule has 2 heterocycles. The van der Waals surface area contributed by atoms with Crippen molar-refractivity contribution in [2.75, 3.05) is 13.1 Å². The second kappa shape index (κ2) is 9.97. The van der Waals surface area contributed by atoms with Crippen LogP contribution < -0.4 is 5.32 Å². The summed E-state index contributed by atoms with van der Waals surface area (Å²) in [7, 11) is -3.25. The molecule has 8 nitrogen and oxygen atoms in total. The fourth-order valence-corrected chi connectivity index (χ4v) is 6.65. The molecule has 34 heavy (non-hydrogen) atoms. The molecule has 0 aromatic rings. The van der Waals surface area contributed by atoms with Crippen LogP contribution in [0.3, 0.4) is 0 Å². The molecule has 4 rings (SSSR count). The highest BCUT2D eigenvalue weighted by Gasteiger charge is 2.42. The van der Waals surface area contributed by atoms with Crippen molar-refractivity contribution in [1.29, 1.82) is 0 Å². The van der Waals surface area contributed by atoms with E-state index in [9.17, 15) is 17.6 Å². The molecule has 0 radical (unpaired) electrons. The Labute approximate surface area is 201 Å². The normalized spacial score (nSPS) is 28.8. The predicted octanol–water partition coefficient (Wildman–Crippen LogP) is 3.64. The average molecular weight is 498 g/mol. The van der Waals surface area contributed by atoms with E-state index < -0.39 is 32.6 Å². The van der Waals surface area contributed by atoms with Gasteiger partial charge in [-0.15, -0.1) is 0 Å². The Balaban J connectivity index is 1.23. The summed E-state index contributed by atoms with van der Waals surface area (Å²) >= 11 is 0. The molecule has 3 atom stereocenters. The van der Waals surface area contributed by atoms with Gasteiger partial charge in [-0.3, -0.25) is 0 Å². The van der Waals surface area contributed by atoms with Crippen LogP contribution in [-0.2, 0) is 19.3 Å². The van der Waals surface area contributed by atoms with Crippen LogP contribution in [0, 0.1) is 0 Å². The second-order valence-corrected chi connectivity index (χ2v) is 13.1. The van der Waals surface area contributed by atoms with Crippen molar-refractivity contribution in [3.8, 4) is 0 Å². The number of nitrogens with one attached hydrogen (secondary N) is 1. The lowest BCUT2D eigenvalue weighted by Gasteiger charge is -2.34. The van der Waals surface area contributed by atoms with Crippen molar-refractivity contribution in [2.24, 2.45) is 4.99 Å². The van der Waals surface area contributed by atoms with Crippen molar-refractivity contribution in [3.05, 3.63) is 24.2 Å². The highest BCUT2D eigenvalue weighted by Crippen LogP contribution is 2.36. The Morgan fingerprint density at radius 3 is 2.47 bits per heavy atom. The molecular formula is C24H36FN3O5S. The molecule has 1 saturated carbocycles. The average Bonchev–Trinajstić information content (AvgIpc) is 3.61. The first-order chi connectivity index (χ1) is 16.0. The molecule has 1 N–H and O–H groups in total. The van der Waals surface area contributed by atoms with Gasteiger partial charge in [-0.25, -0.2) is 22.6 Å². The van der Waals surface area contributed by atoms with Crippen molar-refractivity contribution in [3.63, 3.8) is 0 Å². The Hall–Kier alpha value is -1.94. The van der Waals surface area contributed by atoms with Crippen LogP contribution in [0.25, 0.3) is 0 Å². The van der Waals surface area contributed by atoms with Crippen molar-refractivity contribution in [1.82, 2.24) is 10.2 Å². The highest BCUT2D eigenvalue weighted by molar-refractivity contribution is 7.93. The summed E-state index contributed by atoms with van der Waals surface area (Å²) in [4.78, 5) is 18.3. The molecule has 2 aliphatic heterocycles. The van der Waals surface area contributed by atoms with E-state index in [-0.39, 0.29) is 23.5 Å². The number of carbonyl (C=O) groups excluding carboxylic acids is 1. The molecule has 2 aliphatic carbocycles. The number of sulfone groups is 1. The first-order valence-electron chi connectivity index (χ1n) is 12.2. The monoisotopic (exact) mass is 497 g/mol. The molecule has 1 saturated heterocycles. The molecule has 0 bridgehead atoms. The standard InChI is InChI=1S/C24H36FN3O5S/c1-24(2,3)33-23(29)28-12-9-17(10-13-28)32-22-14-16(8-11-26-22)27-21-7-6-19(15-20(21)25)34(30,31)18-4-5-18/h8,11,15-19,21,27H,4-7,9-10,12-14H2,1-3H3. The summed E-state index contributed by atoms with van der Waals surface area (Å²) in [5.41, 5.74) is -0.519. The zero-order valence-electron chi connectivity index (χ0n) is 20.2. The number of nitrogens with zero attached hydrogens (tertiary/aromatic N) is 2. The van der Waals surface area contributed by atoms with E-state index in [1.807, 2.05) is 26.8 Å². The minimum absolute atomic E-state index is 0.0377. The molecule has 0 spiro atoms. The molecule has 2 fully saturated rings. The quantitative estimate of drug-likeness (QED) is 0.623. The SMILES string of the molecule is CC(C)(C)OC(=O)N1CCC(OC2=NC=CC(NC3CCC(S(=O)(=O)C4CC4)C=C3F)C2)CC1. The molecule has 4 aliphatic rings. The number of likely N-dealkylation sites (tertiary alicyclic amines) is 1. The largest absolute Gasteiger partial charge is 0.477 e. The summed E-state index contributed by atoms with van der Waals surface area (Å²) < 4.78 is 51.2. The van der Waals surface area contributed by atoms with Crippen LogP contribution in [0.15, 0.2) is 29.2 Å². The van der Waals surface area contributed by atoms with Crippen molar-refractivity contribution in [2.45, 2.75) is 100 Å². The van der Waals surface area contributed by atoms with Crippen molar-refractivity contribution < 1.29 is 27.1 Å². The third-order valence-corrected chi connectivity index (χ3v) is 9.19. The van der Waals surface area contributed by atoms with E-state index in [1.54, 1.807) is 11.1 Å². The molecule has 0 aromatic carbocycles. The van der Waals surface area contributed by atoms with Crippen LogP contribution in [0.1, 0.15) is 65.7 Å². The maximum atomic E-state index is 14.7. The van der Waals surface area contributed by atoms with E-state index in [0.717, 1.165) is 0 Å². The van der Waals surface area contributed by atoms with E-state index in [2.05, 4.69) is 10.3 Å². The Morgan fingerprint density at radius 1 is 1.15 bits per heavy atom. The molecule has 190 valence electrons. The summed E-state index contributed by atoms with van der Waals surface area (Å²) in [5.74, 6) is 0.193. The van der Waals surface area contributed by atoms with Gasteiger partial charge in [0, 0.05) is 44.6 Å². The maximum absolute atomic E-state index is 14.7. The molecular weight excluding hydrogens is 461 g/mol. The lowest BCUT2D eigenvalue weighted by Crippen LogP contribution is -2.45. The number of hydrogen-bond donors (Lipinski definition) is 1. The molecule has 0 aromatic heterocycles. The number of rotatable bonds is 5.